The summed E-state index contributed by atoms with van der Waals surface area (Å²) in [5.74, 6) is 0.153. The molecule has 1 amide bonds. The number of benzene rings is 1. The first kappa shape index (κ1) is 12.9. The van der Waals surface area contributed by atoms with Crippen LogP contribution < -0.4 is 4.90 Å². The molecule has 0 unspecified atom stereocenters. The third-order valence-electron chi connectivity index (χ3n) is 3.84. The molecule has 0 atom stereocenters. The van der Waals surface area contributed by atoms with Crippen LogP contribution in [0.4, 0.5) is 5.69 Å². The Morgan fingerprint density at radius 1 is 1.35 bits per heavy atom. The van der Waals surface area contributed by atoms with Gasteiger partial charge in [-0.1, -0.05) is 18.2 Å². The number of carbonyl (C=O) groups excluding carboxylic acids is 1. The summed E-state index contributed by atoms with van der Waals surface area (Å²) in [6.07, 6.45) is 2.50. The highest BCUT2D eigenvalue weighted by molar-refractivity contribution is 5.95. The average Bonchev–Trinajstić information content (AvgIpc) is 2.76. The van der Waals surface area contributed by atoms with E-state index >= 15 is 0 Å². The van der Waals surface area contributed by atoms with Gasteiger partial charge in [0.05, 0.1) is 12.1 Å². The van der Waals surface area contributed by atoms with Crippen molar-refractivity contribution in [1.82, 2.24) is 9.78 Å². The second-order valence-corrected chi connectivity index (χ2v) is 5.36. The maximum Gasteiger partial charge on any atom is 0.232 e. The first-order valence-electron chi connectivity index (χ1n) is 7.03. The molecule has 0 saturated heterocycles. The fourth-order valence-corrected chi connectivity index (χ4v) is 2.87. The Labute approximate surface area is 119 Å². The Morgan fingerprint density at radius 3 is 2.90 bits per heavy atom. The van der Waals surface area contributed by atoms with Crippen LogP contribution in [0.25, 0.3) is 0 Å². The monoisotopic (exact) mass is 269 g/mol. The molecule has 0 N–H and O–H groups in total. The van der Waals surface area contributed by atoms with E-state index < -0.39 is 0 Å². The highest BCUT2D eigenvalue weighted by atomic mass is 16.2. The van der Waals surface area contributed by atoms with Gasteiger partial charge in [0.1, 0.15) is 0 Å². The maximum absolute atomic E-state index is 12.6. The van der Waals surface area contributed by atoms with Gasteiger partial charge in [-0.15, -0.1) is 0 Å². The molecule has 1 aliphatic heterocycles. The van der Waals surface area contributed by atoms with Crippen LogP contribution in [0.2, 0.25) is 0 Å². The molecule has 2 heterocycles. The molecule has 1 aromatic carbocycles. The van der Waals surface area contributed by atoms with Crippen LogP contribution in [-0.4, -0.2) is 22.2 Å². The molecule has 0 radical (unpaired) electrons. The predicted molar refractivity (Wildman–Crippen MR) is 78.8 cm³/mol. The van der Waals surface area contributed by atoms with Crippen molar-refractivity contribution in [3.63, 3.8) is 0 Å². The third-order valence-corrected chi connectivity index (χ3v) is 3.84. The zero-order valence-corrected chi connectivity index (χ0v) is 12.0. The number of amides is 1. The summed E-state index contributed by atoms with van der Waals surface area (Å²) in [4.78, 5) is 14.5. The van der Waals surface area contributed by atoms with E-state index in [0.29, 0.717) is 6.42 Å². The van der Waals surface area contributed by atoms with Crippen LogP contribution >= 0.6 is 0 Å². The number of fused-ring (bicyclic) bond motifs is 1. The molecular weight excluding hydrogens is 250 g/mol. The van der Waals surface area contributed by atoms with Crippen LogP contribution in [0.1, 0.15) is 23.4 Å². The summed E-state index contributed by atoms with van der Waals surface area (Å²) in [6.45, 7) is 2.76. The summed E-state index contributed by atoms with van der Waals surface area (Å²) in [6, 6.07) is 10.2. The number of carbonyl (C=O) groups is 1. The number of hydrogen-bond donors (Lipinski definition) is 0. The molecule has 0 bridgehead atoms. The van der Waals surface area contributed by atoms with Gasteiger partial charge < -0.3 is 4.90 Å². The van der Waals surface area contributed by atoms with Crippen LogP contribution in [0.5, 0.6) is 0 Å². The minimum absolute atomic E-state index is 0.153. The van der Waals surface area contributed by atoms with E-state index in [2.05, 4.69) is 11.2 Å². The van der Waals surface area contributed by atoms with Gasteiger partial charge >= 0.3 is 0 Å². The number of para-hydroxylation sites is 1. The topological polar surface area (TPSA) is 38.1 Å². The average molecular weight is 269 g/mol. The summed E-state index contributed by atoms with van der Waals surface area (Å²) in [7, 11) is 1.89. The predicted octanol–water partition coefficient (Wildman–Crippen LogP) is 2.25. The largest absolute Gasteiger partial charge is 0.312 e. The number of anilines is 1. The van der Waals surface area contributed by atoms with Gasteiger partial charge in [0, 0.05) is 25.0 Å². The van der Waals surface area contributed by atoms with E-state index in [4.69, 9.17) is 0 Å². The van der Waals surface area contributed by atoms with Gasteiger partial charge in [-0.25, -0.2) is 0 Å². The SMILES string of the molecule is Cc1cc(CC(=O)N2CCCc3ccccc32)n(C)n1. The van der Waals surface area contributed by atoms with Gasteiger partial charge in [0.25, 0.3) is 0 Å². The third kappa shape index (κ3) is 2.33. The van der Waals surface area contributed by atoms with Crippen LogP contribution in [0.3, 0.4) is 0 Å². The van der Waals surface area contributed by atoms with Gasteiger partial charge in [0.15, 0.2) is 0 Å². The lowest BCUT2D eigenvalue weighted by Crippen LogP contribution is -2.36. The summed E-state index contributed by atoms with van der Waals surface area (Å²) >= 11 is 0. The minimum atomic E-state index is 0.153. The molecule has 0 fully saturated rings. The van der Waals surface area contributed by atoms with E-state index in [9.17, 15) is 4.79 Å². The minimum Gasteiger partial charge on any atom is -0.312 e. The molecule has 2 aromatic rings. The lowest BCUT2D eigenvalue weighted by atomic mass is 10.0. The van der Waals surface area contributed by atoms with Crippen LogP contribution in [0.15, 0.2) is 30.3 Å². The molecule has 4 nitrogen and oxygen atoms in total. The summed E-state index contributed by atoms with van der Waals surface area (Å²) in [5.41, 5.74) is 4.26. The van der Waals surface area contributed by atoms with Crippen molar-refractivity contribution in [2.75, 3.05) is 11.4 Å². The molecule has 0 saturated carbocycles. The van der Waals surface area contributed by atoms with E-state index in [1.54, 1.807) is 4.68 Å². The highest BCUT2D eigenvalue weighted by Crippen LogP contribution is 2.27. The fraction of sp³-hybridized carbons (Fsp3) is 0.375. The molecule has 0 spiro atoms. The molecule has 104 valence electrons. The first-order valence-corrected chi connectivity index (χ1v) is 7.03. The second-order valence-electron chi connectivity index (χ2n) is 5.36. The quantitative estimate of drug-likeness (QED) is 0.838. The number of rotatable bonds is 2. The molecule has 1 aliphatic rings. The van der Waals surface area contributed by atoms with Gasteiger partial charge in [0.2, 0.25) is 5.91 Å². The Morgan fingerprint density at radius 2 is 2.15 bits per heavy atom. The van der Waals surface area contributed by atoms with Crippen molar-refractivity contribution < 1.29 is 4.79 Å². The Bertz CT molecular complexity index is 645. The number of aryl methyl sites for hydroxylation is 3. The van der Waals surface area contributed by atoms with Gasteiger partial charge in [-0.05, 0) is 37.5 Å². The van der Waals surface area contributed by atoms with E-state index in [1.165, 1.54) is 5.56 Å². The van der Waals surface area contributed by atoms with Crippen molar-refractivity contribution in [2.45, 2.75) is 26.2 Å². The normalized spacial score (nSPS) is 14.2. The van der Waals surface area contributed by atoms with Crippen molar-refractivity contribution in [3.05, 3.63) is 47.3 Å². The number of hydrogen-bond acceptors (Lipinski definition) is 2. The molecule has 4 heteroatoms. The van der Waals surface area contributed by atoms with Crippen molar-refractivity contribution in [3.8, 4) is 0 Å². The van der Waals surface area contributed by atoms with E-state index in [0.717, 1.165) is 36.5 Å². The molecular formula is C16H19N3O. The first-order chi connectivity index (χ1) is 9.65. The number of nitrogens with zero attached hydrogens (tertiary/aromatic N) is 3. The van der Waals surface area contributed by atoms with Crippen molar-refractivity contribution in [1.29, 1.82) is 0 Å². The standard InChI is InChI=1S/C16H19N3O/c1-12-10-14(18(2)17-12)11-16(20)19-9-5-7-13-6-3-4-8-15(13)19/h3-4,6,8,10H,5,7,9,11H2,1-2H3. The lowest BCUT2D eigenvalue weighted by molar-refractivity contribution is -0.118. The zero-order chi connectivity index (χ0) is 14.1. The van der Waals surface area contributed by atoms with Crippen molar-refractivity contribution in [2.24, 2.45) is 7.05 Å². The number of aromatic nitrogens is 2. The fourth-order valence-electron chi connectivity index (χ4n) is 2.87. The zero-order valence-electron chi connectivity index (χ0n) is 12.0. The molecule has 0 aliphatic carbocycles. The lowest BCUT2D eigenvalue weighted by Gasteiger charge is -2.29. The van der Waals surface area contributed by atoms with E-state index in [1.807, 2.05) is 43.1 Å². The Kier molecular flexibility index (Phi) is 3.30. The molecule has 20 heavy (non-hydrogen) atoms. The van der Waals surface area contributed by atoms with E-state index in [-0.39, 0.29) is 5.91 Å². The smallest absolute Gasteiger partial charge is 0.232 e. The summed E-state index contributed by atoms with van der Waals surface area (Å²) in [5, 5.41) is 4.30. The second kappa shape index (κ2) is 5.12. The van der Waals surface area contributed by atoms with Crippen molar-refractivity contribution >= 4 is 11.6 Å². The highest BCUT2D eigenvalue weighted by Gasteiger charge is 2.22. The Hall–Kier alpha value is -2.10. The van der Waals surface area contributed by atoms with Crippen LogP contribution in [0, 0.1) is 6.92 Å². The van der Waals surface area contributed by atoms with Gasteiger partial charge in [-0.2, -0.15) is 5.10 Å². The van der Waals surface area contributed by atoms with Crippen LogP contribution in [-0.2, 0) is 24.7 Å². The summed E-state index contributed by atoms with van der Waals surface area (Å²) < 4.78 is 1.79. The van der Waals surface area contributed by atoms with Gasteiger partial charge in [-0.3, -0.25) is 9.48 Å². The molecule has 3 rings (SSSR count). The molecule has 1 aromatic heterocycles. The Balaban J connectivity index is 1.83. The maximum atomic E-state index is 12.6.